The van der Waals surface area contributed by atoms with E-state index in [0.29, 0.717) is 17.2 Å². The van der Waals surface area contributed by atoms with Gasteiger partial charge in [0.2, 0.25) is 0 Å². The van der Waals surface area contributed by atoms with Gasteiger partial charge in [-0.1, -0.05) is 18.5 Å². The van der Waals surface area contributed by atoms with E-state index < -0.39 is 27.7 Å². The van der Waals surface area contributed by atoms with Crippen molar-refractivity contribution < 1.29 is 22.8 Å². The fourth-order valence-electron chi connectivity index (χ4n) is 4.34. The van der Waals surface area contributed by atoms with Crippen LogP contribution >= 0.6 is 11.6 Å². The highest BCUT2D eigenvalue weighted by Crippen LogP contribution is 2.30. The number of hydrogen-bond donors (Lipinski definition) is 1. The number of benzene rings is 1. The summed E-state index contributed by atoms with van der Waals surface area (Å²) < 4.78 is 23.5. The number of piperidine rings is 1. The first kappa shape index (κ1) is 21.8. The summed E-state index contributed by atoms with van der Waals surface area (Å²) in [6.07, 6.45) is 2.33. The summed E-state index contributed by atoms with van der Waals surface area (Å²) in [6.45, 7) is 3.62. The zero-order chi connectivity index (χ0) is 22.3. The fourth-order valence-corrected chi connectivity index (χ4v) is 6.25. The van der Waals surface area contributed by atoms with Crippen LogP contribution in [-0.4, -0.2) is 66.6 Å². The van der Waals surface area contributed by atoms with Crippen molar-refractivity contribution in [1.82, 2.24) is 9.80 Å². The standard InChI is InChI=1S/C21H24ClN3O5S/c1-13-3-2-9-24(11-13)19(26)14-4-6-15(7-5-14)23-18-17(22)20(27)25(21(18)28)16-8-10-31(29,30)12-16/h4-7,13,16,23H,2-3,8-12H2,1H3. The Kier molecular flexibility index (Phi) is 5.83. The molecule has 3 aliphatic heterocycles. The lowest BCUT2D eigenvalue weighted by Gasteiger charge is -2.31. The van der Waals surface area contributed by atoms with Crippen LogP contribution in [0.1, 0.15) is 36.5 Å². The molecule has 2 atom stereocenters. The zero-order valence-electron chi connectivity index (χ0n) is 17.1. The van der Waals surface area contributed by atoms with Gasteiger partial charge in [0.1, 0.15) is 10.7 Å². The molecule has 166 valence electrons. The quantitative estimate of drug-likeness (QED) is 0.682. The lowest BCUT2D eigenvalue weighted by atomic mass is 9.99. The molecule has 1 aromatic rings. The van der Waals surface area contributed by atoms with Crippen molar-refractivity contribution in [2.75, 3.05) is 29.9 Å². The molecule has 0 radical (unpaired) electrons. The molecule has 1 aromatic carbocycles. The Hall–Kier alpha value is -2.39. The van der Waals surface area contributed by atoms with Gasteiger partial charge in [0.15, 0.2) is 9.84 Å². The molecule has 3 amide bonds. The van der Waals surface area contributed by atoms with Gasteiger partial charge in [0.05, 0.1) is 17.5 Å². The molecule has 0 saturated carbocycles. The number of anilines is 1. The monoisotopic (exact) mass is 465 g/mol. The lowest BCUT2D eigenvalue weighted by Crippen LogP contribution is -2.42. The Morgan fingerprint density at radius 1 is 1.13 bits per heavy atom. The maximum absolute atomic E-state index is 12.8. The Balaban J connectivity index is 1.46. The minimum atomic E-state index is -3.26. The number of sulfone groups is 1. The van der Waals surface area contributed by atoms with Crippen molar-refractivity contribution in [2.45, 2.75) is 32.2 Å². The van der Waals surface area contributed by atoms with Crippen molar-refractivity contribution in [2.24, 2.45) is 5.92 Å². The van der Waals surface area contributed by atoms with Crippen molar-refractivity contribution in [3.63, 3.8) is 0 Å². The third-order valence-electron chi connectivity index (χ3n) is 5.98. The van der Waals surface area contributed by atoms with Gasteiger partial charge in [0, 0.05) is 24.3 Å². The SMILES string of the molecule is CC1CCCN(C(=O)c2ccc(NC3=C(Cl)C(=O)N(C4CCS(=O)(=O)C4)C3=O)cc2)C1. The van der Waals surface area contributed by atoms with E-state index in [1.54, 1.807) is 24.3 Å². The molecule has 2 saturated heterocycles. The highest BCUT2D eigenvalue weighted by molar-refractivity contribution is 7.91. The molecule has 8 nitrogen and oxygen atoms in total. The molecule has 0 spiro atoms. The van der Waals surface area contributed by atoms with Crippen LogP contribution in [0.4, 0.5) is 5.69 Å². The first-order valence-corrected chi connectivity index (χ1v) is 12.5. The maximum atomic E-state index is 12.8. The van der Waals surface area contributed by atoms with Crippen LogP contribution < -0.4 is 5.32 Å². The van der Waals surface area contributed by atoms with Crippen LogP contribution in [0.25, 0.3) is 0 Å². The van der Waals surface area contributed by atoms with Gasteiger partial charge in [-0.15, -0.1) is 0 Å². The molecule has 2 unspecified atom stereocenters. The predicted octanol–water partition coefficient (Wildman–Crippen LogP) is 1.98. The summed E-state index contributed by atoms with van der Waals surface area (Å²) >= 11 is 6.11. The minimum absolute atomic E-state index is 0.0314. The summed E-state index contributed by atoms with van der Waals surface area (Å²) in [6, 6.07) is 5.93. The first-order valence-electron chi connectivity index (χ1n) is 10.3. The number of nitrogens with one attached hydrogen (secondary N) is 1. The largest absolute Gasteiger partial charge is 0.350 e. The van der Waals surface area contributed by atoms with Crippen LogP contribution in [0.5, 0.6) is 0 Å². The number of amides is 3. The van der Waals surface area contributed by atoms with Gasteiger partial charge >= 0.3 is 0 Å². The Morgan fingerprint density at radius 2 is 1.84 bits per heavy atom. The number of likely N-dealkylation sites (tertiary alicyclic amines) is 1. The molecule has 0 bridgehead atoms. The maximum Gasteiger partial charge on any atom is 0.279 e. The molecule has 0 aliphatic carbocycles. The Bertz CT molecular complexity index is 1070. The number of carbonyl (C=O) groups is 3. The number of nitrogens with zero attached hydrogens (tertiary/aromatic N) is 2. The third kappa shape index (κ3) is 4.34. The second-order valence-electron chi connectivity index (χ2n) is 8.43. The van der Waals surface area contributed by atoms with Crippen molar-refractivity contribution in [3.05, 3.63) is 40.6 Å². The predicted molar refractivity (Wildman–Crippen MR) is 116 cm³/mol. The van der Waals surface area contributed by atoms with Crippen molar-refractivity contribution in [3.8, 4) is 0 Å². The third-order valence-corrected chi connectivity index (χ3v) is 8.08. The molecule has 31 heavy (non-hydrogen) atoms. The van der Waals surface area contributed by atoms with E-state index in [1.807, 2.05) is 4.90 Å². The molecular formula is C21H24ClN3O5S. The van der Waals surface area contributed by atoms with E-state index in [2.05, 4.69) is 12.2 Å². The topological polar surface area (TPSA) is 104 Å². The normalized spacial score (nSPS) is 26.0. The summed E-state index contributed by atoms with van der Waals surface area (Å²) in [5.74, 6) is -1.18. The van der Waals surface area contributed by atoms with E-state index in [1.165, 1.54) is 0 Å². The number of imide groups is 1. The molecule has 2 fully saturated rings. The molecule has 3 aliphatic rings. The molecule has 10 heteroatoms. The number of hydrogen-bond acceptors (Lipinski definition) is 6. The highest BCUT2D eigenvalue weighted by atomic mass is 35.5. The first-order chi connectivity index (χ1) is 14.7. The molecular weight excluding hydrogens is 442 g/mol. The summed E-state index contributed by atoms with van der Waals surface area (Å²) in [7, 11) is -3.26. The van der Waals surface area contributed by atoms with Gasteiger partial charge in [-0.25, -0.2) is 8.42 Å². The average Bonchev–Trinajstić information content (AvgIpc) is 3.19. The number of halogens is 1. The molecule has 3 heterocycles. The van der Waals surface area contributed by atoms with E-state index in [4.69, 9.17) is 11.6 Å². The van der Waals surface area contributed by atoms with E-state index in [-0.39, 0.29) is 34.6 Å². The zero-order valence-corrected chi connectivity index (χ0v) is 18.7. The van der Waals surface area contributed by atoms with Crippen LogP contribution in [0.2, 0.25) is 0 Å². The van der Waals surface area contributed by atoms with Crippen LogP contribution in [0.3, 0.4) is 0 Å². The smallest absolute Gasteiger partial charge is 0.279 e. The van der Waals surface area contributed by atoms with Gasteiger partial charge < -0.3 is 10.2 Å². The second-order valence-corrected chi connectivity index (χ2v) is 11.0. The molecule has 0 aromatic heterocycles. The van der Waals surface area contributed by atoms with Gasteiger partial charge in [-0.05, 0) is 49.4 Å². The highest BCUT2D eigenvalue weighted by Gasteiger charge is 2.45. The summed E-state index contributed by atoms with van der Waals surface area (Å²) in [5, 5.41) is 2.59. The van der Waals surface area contributed by atoms with E-state index >= 15 is 0 Å². The number of carbonyl (C=O) groups excluding carboxylic acids is 3. The van der Waals surface area contributed by atoms with Crippen molar-refractivity contribution >= 4 is 44.8 Å². The van der Waals surface area contributed by atoms with Gasteiger partial charge in [-0.3, -0.25) is 19.3 Å². The van der Waals surface area contributed by atoms with Crippen LogP contribution in [0, 0.1) is 5.92 Å². The second kappa shape index (κ2) is 8.27. The van der Waals surface area contributed by atoms with E-state index in [0.717, 1.165) is 30.8 Å². The van der Waals surface area contributed by atoms with Crippen LogP contribution in [0.15, 0.2) is 35.0 Å². The Morgan fingerprint density at radius 3 is 2.45 bits per heavy atom. The average molecular weight is 466 g/mol. The van der Waals surface area contributed by atoms with Crippen molar-refractivity contribution in [1.29, 1.82) is 0 Å². The van der Waals surface area contributed by atoms with E-state index in [9.17, 15) is 22.8 Å². The fraction of sp³-hybridized carbons (Fsp3) is 0.476. The lowest BCUT2D eigenvalue weighted by molar-refractivity contribution is -0.139. The summed E-state index contributed by atoms with van der Waals surface area (Å²) in [4.78, 5) is 40.8. The van der Waals surface area contributed by atoms with Crippen LogP contribution in [-0.2, 0) is 19.4 Å². The Labute approximate surface area is 186 Å². The van der Waals surface area contributed by atoms with Gasteiger partial charge in [-0.2, -0.15) is 0 Å². The number of rotatable bonds is 4. The molecule has 1 N–H and O–H groups in total. The molecule has 4 rings (SSSR count). The summed E-state index contributed by atoms with van der Waals surface area (Å²) in [5.41, 5.74) is 0.963. The van der Waals surface area contributed by atoms with Gasteiger partial charge in [0.25, 0.3) is 17.7 Å². The minimum Gasteiger partial charge on any atom is -0.350 e.